The Morgan fingerprint density at radius 2 is 1.77 bits per heavy atom. The van der Waals surface area contributed by atoms with Gasteiger partial charge >= 0.3 is 11.9 Å². The van der Waals surface area contributed by atoms with Crippen molar-refractivity contribution in [1.29, 1.82) is 0 Å². The molecule has 0 aliphatic carbocycles. The Kier molecular flexibility index (Phi) is 7.84. The SMILES string of the molecule is Cc1cc(C(=O)O)c(C(O)(OCc2ccccc2)P=O)c(C(=O)O)c1CCC(C)C. The molecule has 0 radical (unpaired) electrons. The van der Waals surface area contributed by atoms with E-state index in [0.29, 0.717) is 29.5 Å². The number of hydrogen-bond donors (Lipinski definition) is 3. The highest BCUT2D eigenvalue weighted by Crippen LogP contribution is 2.41. The molecule has 0 bridgehead atoms. The lowest BCUT2D eigenvalue weighted by Crippen LogP contribution is -2.30. The Hall–Kier alpha value is -2.60. The van der Waals surface area contributed by atoms with Crippen LogP contribution >= 0.6 is 8.46 Å². The Balaban J connectivity index is 2.68. The summed E-state index contributed by atoms with van der Waals surface area (Å²) in [4.78, 5) is 24.1. The minimum atomic E-state index is -2.64. The fourth-order valence-corrected chi connectivity index (χ4v) is 3.70. The Labute approximate surface area is 176 Å². The van der Waals surface area contributed by atoms with Crippen molar-refractivity contribution in [3.05, 3.63) is 69.8 Å². The number of carboxylic acids is 2. The quantitative estimate of drug-likeness (QED) is 0.371. The topological polar surface area (TPSA) is 121 Å². The van der Waals surface area contributed by atoms with Crippen LogP contribution in [0.5, 0.6) is 0 Å². The van der Waals surface area contributed by atoms with E-state index in [1.807, 2.05) is 13.8 Å². The molecule has 1 unspecified atom stereocenters. The second kappa shape index (κ2) is 9.94. The van der Waals surface area contributed by atoms with Gasteiger partial charge in [0.25, 0.3) is 5.53 Å². The molecular formula is C22H25O7P. The van der Waals surface area contributed by atoms with E-state index in [9.17, 15) is 29.5 Å². The summed E-state index contributed by atoms with van der Waals surface area (Å²) in [7, 11) is -0.970. The van der Waals surface area contributed by atoms with Gasteiger partial charge in [-0.2, -0.15) is 0 Å². The Bertz CT molecular complexity index is 940. The number of ether oxygens (including phenoxy) is 1. The first kappa shape index (κ1) is 23.7. The van der Waals surface area contributed by atoms with Gasteiger partial charge in [-0.1, -0.05) is 44.2 Å². The van der Waals surface area contributed by atoms with Gasteiger partial charge < -0.3 is 20.1 Å². The number of aromatic carboxylic acids is 2. The molecule has 7 nitrogen and oxygen atoms in total. The van der Waals surface area contributed by atoms with E-state index in [1.165, 1.54) is 6.07 Å². The highest BCUT2D eigenvalue weighted by atomic mass is 31.1. The van der Waals surface area contributed by atoms with Crippen LogP contribution in [-0.4, -0.2) is 27.3 Å². The molecule has 3 N–H and O–H groups in total. The Morgan fingerprint density at radius 3 is 2.27 bits per heavy atom. The van der Waals surface area contributed by atoms with Gasteiger partial charge in [-0.25, -0.2) is 9.59 Å². The zero-order valence-corrected chi connectivity index (χ0v) is 18.0. The molecular weight excluding hydrogens is 407 g/mol. The van der Waals surface area contributed by atoms with Crippen molar-refractivity contribution in [2.24, 2.45) is 5.92 Å². The fraction of sp³-hybridized carbons (Fsp3) is 0.364. The number of aryl methyl sites for hydroxylation is 1. The summed E-state index contributed by atoms with van der Waals surface area (Å²) in [5.74, 6) is -2.59. The van der Waals surface area contributed by atoms with Crippen molar-refractivity contribution < 1.29 is 34.2 Å². The summed E-state index contributed by atoms with van der Waals surface area (Å²) in [6, 6.07) is 9.99. The third-order valence-corrected chi connectivity index (χ3v) is 5.41. The van der Waals surface area contributed by atoms with E-state index in [-0.39, 0.29) is 18.1 Å². The van der Waals surface area contributed by atoms with Gasteiger partial charge in [0.05, 0.1) is 23.3 Å². The maximum atomic E-state index is 12.2. The van der Waals surface area contributed by atoms with Crippen molar-refractivity contribution in [3.8, 4) is 0 Å². The maximum absolute atomic E-state index is 12.2. The molecule has 0 heterocycles. The molecule has 0 saturated carbocycles. The van der Waals surface area contributed by atoms with Crippen LogP contribution in [0.2, 0.25) is 0 Å². The molecule has 2 aromatic rings. The minimum absolute atomic E-state index is 0.195. The number of carbonyl (C=O) groups is 2. The molecule has 1 atom stereocenters. The molecule has 30 heavy (non-hydrogen) atoms. The average molecular weight is 432 g/mol. The number of carboxylic acid groups (broad SMARTS) is 2. The number of benzene rings is 2. The van der Waals surface area contributed by atoms with Crippen LogP contribution in [0.4, 0.5) is 0 Å². The van der Waals surface area contributed by atoms with E-state index in [1.54, 1.807) is 37.3 Å². The monoisotopic (exact) mass is 432 g/mol. The van der Waals surface area contributed by atoms with Crippen LogP contribution < -0.4 is 0 Å². The second-order valence-corrected chi connectivity index (χ2v) is 8.27. The molecule has 8 heteroatoms. The third kappa shape index (κ3) is 5.30. The fourth-order valence-electron chi connectivity index (χ4n) is 3.26. The van der Waals surface area contributed by atoms with Crippen molar-refractivity contribution in [2.45, 2.75) is 45.7 Å². The number of aliphatic hydroxyl groups is 1. The van der Waals surface area contributed by atoms with E-state index in [4.69, 9.17) is 4.74 Å². The van der Waals surface area contributed by atoms with Gasteiger partial charge in [0.2, 0.25) is 8.46 Å². The van der Waals surface area contributed by atoms with Gasteiger partial charge in [0, 0.05) is 0 Å². The Morgan fingerprint density at radius 1 is 1.13 bits per heavy atom. The standard InChI is InChI=1S/C22H25O7P/c1-13(2)9-10-16-14(3)11-17(20(23)24)19(18(16)21(25)26)22(27,30-28)29-12-15-7-5-4-6-8-15/h4-8,11,13,27H,9-10,12H2,1-3H3,(H,23,24)(H,25,26). The van der Waals surface area contributed by atoms with Crippen molar-refractivity contribution >= 4 is 20.4 Å². The summed E-state index contributed by atoms with van der Waals surface area (Å²) < 4.78 is 17.5. The summed E-state index contributed by atoms with van der Waals surface area (Å²) in [6.45, 7) is 5.40. The smallest absolute Gasteiger partial charge is 0.336 e. The molecule has 0 amide bonds. The van der Waals surface area contributed by atoms with Gasteiger partial charge in [-0.15, -0.1) is 0 Å². The van der Waals surface area contributed by atoms with E-state index in [2.05, 4.69) is 0 Å². The van der Waals surface area contributed by atoms with Crippen LogP contribution in [0.15, 0.2) is 36.4 Å². The lowest BCUT2D eigenvalue weighted by molar-refractivity contribution is -0.151. The van der Waals surface area contributed by atoms with Crippen molar-refractivity contribution in [1.82, 2.24) is 0 Å². The van der Waals surface area contributed by atoms with E-state index >= 15 is 0 Å². The van der Waals surface area contributed by atoms with Gasteiger partial charge in [-0.05, 0) is 48.4 Å². The maximum Gasteiger partial charge on any atom is 0.336 e. The molecule has 0 fully saturated rings. The summed E-state index contributed by atoms with van der Waals surface area (Å²) >= 11 is 0. The summed E-state index contributed by atoms with van der Waals surface area (Å²) in [5.41, 5.74) is -2.50. The predicted molar refractivity (Wildman–Crippen MR) is 111 cm³/mol. The first-order chi connectivity index (χ1) is 14.1. The average Bonchev–Trinajstić information content (AvgIpc) is 2.70. The predicted octanol–water partition coefficient (Wildman–Crippen LogP) is 4.59. The number of rotatable bonds is 10. The first-order valence-electron chi connectivity index (χ1n) is 9.49. The van der Waals surface area contributed by atoms with Crippen LogP contribution in [0.1, 0.15) is 63.2 Å². The normalized spacial score (nSPS) is 13.4. The second-order valence-electron chi connectivity index (χ2n) is 7.49. The molecule has 2 rings (SSSR count). The highest BCUT2D eigenvalue weighted by molar-refractivity contribution is 7.24. The molecule has 0 aromatic heterocycles. The molecule has 0 aliphatic heterocycles. The molecule has 0 saturated heterocycles. The highest BCUT2D eigenvalue weighted by Gasteiger charge is 2.41. The van der Waals surface area contributed by atoms with Gasteiger partial charge in [0.1, 0.15) is 0 Å². The largest absolute Gasteiger partial charge is 0.478 e. The summed E-state index contributed by atoms with van der Waals surface area (Å²) in [5, 5.41) is 30.6. The van der Waals surface area contributed by atoms with E-state index < -0.39 is 37.1 Å². The first-order valence-corrected chi connectivity index (χ1v) is 10.3. The van der Waals surface area contributed by atoms with Crippen molar-refractivity contribution in [3.63, 3.8) is 0 Å². The zero-order valence-electron chi connectivity index (χ0n) is 17.1. The van der Waals surface area contributed by atoms with Crippen LogP contribution in [0.3, 0.4) is 0 Å². The van der Waals surface area contributed by atoms with Gasteiger partial charge in [0.15, 0.2) is 0 Å². The van der Waals surface area contributed by atoms with Crippen LogP contribution in [0.25, 0.3) is 0 Å². The van der Waals surface area contributed by atoms with Crippen LogP contribution in [0, 0.1) is 12.8 Å². The van der Waals surface area contributed by atoms with Crippen molar-refractivity contribution in [2.75, 3.05) is 0 Å². The van der Waals surface area contributed by atoms with E-state index in [0.717, 1.165) is 0 Å². The van der Waals surface area contributed by atoms with Gasteiger partial charge in [-0.3, -0.25) is 4.57 Å². The van der Waals surface area contributed by atoms with Crippen LogP contribution in [-0.2, 0) is 27.9 Å². The zero-order chi connectivity index (χ0) is 22.5. The lowest BCUT2D eigenvalue weighted by Gasteiger charge is -2.27. The molecule has 2 aromatic carbocycles. The third-order valence-electron chi connectivity index (χ3n) is 4.81. The minimum Gasteiger partial charge on any atom is -0.478 e. The lowest BCUT2D eigenvalue weighted by atomic mass is 9.87. The molecule has 0 spiro atoms. The summed E-state index contributed by atoms with van der Waals surface area (Å²) in [6.07, 6.45) is 1.02. The molecule has 0 aliphatic rings. The molecule has 160 valence electrons. The number of hydrogen-bond acceptors (Lipinski definition) is 5.